The molecule has 0 saturated carbocycles. The molecule has 1 saturated heterocycles. The number of carbonyl (C=O) groups excluding carboxylic acids is 1. The average Bonchev–Trinajstić information content (AvgIpc) is 2.93. The van der Waals surface area contributed by atoms with Crippen LogP contribution >= 0.6 is 0 Å². The van der Waals surface area contributed by atoms with E-state index >= 15 is 0 Å². The number of nitrogens with two attached hydrogens (primary N) is 1. The third-order valence-electron chi connectivity index (χ3n) is 3.10. The molecule has 112 valence electrons. The normalized spacial score (nSPS) is 24.7. The van der Waals surface area contributed by atoms with Crippen LogP contribution in [0.5, 0.6) is 0 Å². The number of sulfone groups is 1. The highest BCUT2D eigenvalue weighted by atomic mass is 32.2. The third-order valence-corrected chi connectivity index (χ3v) is 4.88. The van der Waals surface area contributed by atoms with E-state index in [9.17, 15) is 13.2 Å². The lowest BCUT2D eigenvalue weighted by Crippen LogP contribution is -2.39. The molecule has 20 heavy (non-hydrogen) atoms. The molecule has 1 aromatic rings. The van der Waals surface area contributed by atoms with Crippen molar-refractivity contribution in [3.05, 3.63) is 11.7 Å². The zero-order valence-corrected chi connectivity index (χ0v) is 12.0. The summed E-state index contributed by atoms with van der Waals surface area (Å²) in [5.41, 5.74) is 4.92. The summed E-state index contributed by atoms with van der Waals surface area (Å²) in [4.78, 5) is 15.3. The summed E-state index contributed by atoms with van der Waals surface area (Å²) in [5, 5.41) is 3.73. The fourth-order valence-electron chi connectivity index (χ4n) is 2.05. The van der Waals surface area contributed by atoms with Gasteiger partial charge in [0.1, 0.15) is 0 Å². The Balaban J connectivity index is 2.01. The van der Waals surface area contributed by atoms with E-state index < -0.39 is 15.4 Å². The molecule has 0 radical (unpaired) electrons. The van der Waals surface area contributed by atoms with Crippen LogP contribution in [-0.2, 0) is 31.3 Å². The van der Waals surface area contributed by atoms with Gasteiger partial charge >= 0.3 is 5.97 Å². The molecular formula is C11H17N3O5S. The Kier molecular flexibility index (Phi) is 4.09. The van der Waals surface area contributed by atoms with E-state index in [1.807, 2.05) is 0 Å². The fraction of sp³-hybridized carbons (Fsp3) is 0.727. The van der Waals surface area contributed by atoms with Crippen LogP contribution in [0.25, 0.3) is 0 Å². The summed E-state index contributed by atoms with van der Waals surface area (Å²) in [5.74, 6) is -0.0784. The lowest BCUT2D eigenvalue weighted by atomic mass is 10.00. The second-order valence-corrected chi connectivity index (χ2v) is 7.00. The molecular weight excluding hydrogens is 286 g/mol. The molecule has 0 aliphatic carbocycles. The number of nitrogens with zero attached hydrogens (tertiary/aromatic N) is 2. The minimum atomic E-state index is -3.15. The summed E-state index contributed by atoms with van der Waals surface area (Å²) in [6.45, 7) is 2.04. The summed E-state index contributed by atoms with van der Waals surface area (Å²) in [6, 6.07) is 0. The Bertz CT molecular complexity index is 597. The standard InChI is InChI=1S/C11H17N3O5S/c1-2-18-9(15)4-3-8-13-10(14-19-8)11(12)5-6-20(16,17)7-11/h2-7,12H2,1H3. The van der Waals surface area contributed by atoms with E-state index in [1.54, 1.807) is 6.92 Å². The third kappa shape index (κ3) is 3.34. The monoisotopic (exact) mass is 303 g/mol. The van der Waals surface area contributed by atoms with Gasteiger partial charge in [0.05, 0.1) is 30.1 Å². The number of aromatic nitrogens is 2. The lowest BCUT2D eigenvalue weighted by Gasteiger charge is -2.16. The van der Waals surface area contributed by atoms with Crippen LogP contribution in [0.2, 0.25) is 0 Å². The van der Waals surface area contributed by atoms with Crippen molar-refractivity contribution in [2.75, 3.05) is 18.1 Å². The number of ether oxygens (including phenoxy) is 1. The fourth-order valence-corrected chi connectivity index (χ4v) is 3.93. The van der Waals surface area contributed by atoms with Gasteiger partial charge in [-0.15, -0.1) is 0 Å². The van der Waals surface area contributed by atoms with E-state index in [-0.39, 0.29) is 48.5 Å². The van der Waals surface area contributed by atoms with Gasteiger partial charge in [-0.1, -0.05) is 5.16 Å². The maximum Gasteiger partial charge on any atom is 0.306 e. The molecule has 0 spiro atoms. The molecule has 0 amide bonds. The van der Waals surface area contributed by atoms with Crippen LogP contribution in [0.15, 0.2) is 4.52 Å². The molecule has 1 unspecified atom stereocenters. The van der Waals surface area contributed by atoms with Crippen molar-refractivity contribution in [3.63, 3.8) is 0 Å². The Hall–Kier alpha value is -1.48. The predicted molar refractivity (Wildman–Crippen MR) is 68.4 cm³/mol. The van der Waals surface area contributed by atoms with Crippen LogP contribution in [0, 0.1) is 0 Å². The van der Waals surface area contributed by atoms with E-state index in [4.69, 9.17) is 15.0 Å². The first-order valence-electron chi connectivity index (χ1n) is 6.33. The smallest absolute Gasteiger partial charge is 0.306 e. The van der Waals surface area contributed by atoms with E-state index in [0.29, 0.717) is 6.61 Å². The number of aryl methyl sites for hydroxylation is 1. The highest BCUT2D eigenvalue weighted by molar-refractivity contribution is 7.91. The predicted octanol–water partition coefficient (Wildman–Crippen LogP) is -0.462. The minimum Gasteiger partial charge on any atom is -0.466 e. The zero-order chi connectivity index (χ0) is 14.8. The molecule has 1 atom stereocenters. The quantitative estimate of drug-likeness (QED) is 0.724. The van der Waals surface area contributed by atoms with Crippen LogP contribution < -0.4 is 5.73 Å². The van der Waals surface area contributed by atoms with E-state index in [1.165, 1.54) is 0 Å². The van der Waals surface area contributed by atoms with Gasteiger partial charge in [-0.3, -0.25) is 4.79 Å². The zero-order valence-electron chi connectivity index (χ0n) is 11.2. The summed E-state index contributed by atoms with van der Waals surface area (Å²) in [6.07, 6.45) is 0.645. The van der Waals surface area contributed by atoms with Crippen molar-refractivity contribution in [2.24, 2.45) is 5.73 Å². The number of hydrogen-bond acceptors (Lipinski definition) is 8. The van der Waals surface area contributed by atoms with Gasteiger partial charge in [-0.05, 0) is 13.3 Å². The van der Waals surface area contributed by atoms with E-state index in [2.05, 4.69) is 10.1 Å². The first kappa shape index (κ1) is 14.9. The summed E-state index contributed by atoms with van der Waals surface area (Å²) >= 11 is 0. The largest absolute Gasteiger partial charge is 0.466 e. The summed E-state index contributed by atoms with van der Waals surface area (Å²) < 4.78 is 32.8. The van der Waals surface area contributed by atoms with Crippen molar-refractivity contribution in [1.29, 1.82) is 0 Å². The average molecular weight is 303 g/mol. The van der Waals surface area contributed by atoms with E-state index in [0.717, 1.165) is 0 Å². The number of hydrogen-bond donors (Lipinski definition) is 1. The molecule has 0 bridgehead atoms. The molecule has 2 N–H and O–H groups in total. The second-order valence-electron chi connectivity index (χ2n) is 4.81. The lowest BCUT2D eigenvalue weighted by molar-refractivity contribution is -0.143. The van der Waals surface area contributed by atoms with Crippen molar-refractivity contribution in [1.82, 2.24) is 10.1 Å². The van der Waals surface area contributed by atoms with Gasteiger partial charge in [-0.2, -0.15) is 4.98 Å². The van der Waals surface area contributed by atoms with Crippen LogP contribution in [0.3, 0.4) is 0 Å². The van der Waals surface area contributed by atoms with Gasteiger partial charge in [0.25, 0.3) is 0 Å². The Morgan fingerprint density at radius 3 is 2.90 bits per heavy atom. The van der Waals surface area contributed by atoms with Gasteiger partial charge in [0.2, 0.25) is 5.89 Å². The molecule has 9 heteroatoms. The van der Waals surface area contributed by atoms with Crippen LogP contribution in [0.4, 0.5) is 0 Å². The molecule has 8 nitrogen and oxygen atoms in total. The molecule has 1 aromatic heterocycles. The number of esters is 1. The topological polar surface area (TPSA) is 125 Å². The Morgan fingerprint density at radius 1 is 1.55 bits per heavy atom. The highest BCUT2D eigenvalue weighted by Crippen LogP contribution is 2.29. The molecule has 0 aromatic carbocycles. The van der Waals surface area contributed by atoms with Gasteiger partial charge in [0, 0.05) is 6.42 Å². The first-order chi connectivity index (χ1) is 9.35. The van der Waals surface area contributed by atoms with Crippen molar-refractivity contribution in [3.8, 4) is 0 Å². The van der Waals surface area contributed by atoms with Crippen molar-refractivity contribution in [2.45, 2.75) is 31.7 Å². The molecule has 1 aliphatic heterocycles. The molecule has 1 fully saturated rings. The molecule has 1 aliphatic rings. The number of rotatable bonds is 5. The summed E-state index contributed by atoms with van der Waals surface area (Å²) in [7, 11) is -3.15. The second kappa shape index (κ2) is 5.49. The first-order valence-corrected chi connectivity index (χ1v) is 8.15. The van der Waals surface area contributed by atoms with Crippen molar-refractivity contribution >= 4 is 15.8 Å². The number of carbonyl (C=O) groups is 1. The van der Waals surface area contributed by atoms with Crippen LogP contribution in [0.1, 0.15) is 31.5 Å². The van der Waals surface area contributed by atoms with Gasteiger partial charge in [0.15, 0.2) is 15.7 Å². The van der Waals surface area contributed by atoms with Gasteiger partial charge < -0.3 is 15.0 Å². The maximum atomic E-state index is 11.5. The Morgan fingerprint density at radius 2 is 2.30 bits per heavy atom. The minimum absolute atomic E-state index is 0.0240. The van der Waals surface area contributed by atoms with Crippen LogP contribution in [-0.4, -0.2) is 42.6 Å². The van der Waals surface area contributed by atoms with Crippen molar-refractivity contribution < 1.29 is 22.5 Å². The Labute approximate surface area is 116 Å². The van der Waals surface area contributed by atoms with Gasteiger partial charge in [-0.25, -0.2) is 8.42 Å². The molecule has 2 rings (SSSR count). The maximum absolute atomic E-state index is 11.5. The SMILES string of the molecule is CCOC(=O)CCc1nc(C2(N)CCS(=O)(=O)C2)no1. The molecule has 2 heterocycles. The highest BCUT2D eigenvalue weighted by Gasteiger charge is 2.43.